The summed E-state index contributed by atoms with van der Waals surface area (Å²) in [5.41, 5.74) is 0.937. The van der Waals surface area contributed by atoms with E-state index in [0.29, 0.717) is 17.1 Å². The molecular weight excluding hydrogens is 414 g/mol. The molecule has 2 heterocycles. The average molecular weight is 446 g/mol. The Morgan fingerprint density at radius 3 is 2.06 bits per heavy atom. The summed E-state index contributed by atoms with van der Waals surface area (Å²) in [6.07, 6.45) is 11.6. The van der Waals surface area contributed by atoms with Crippen molar-refractivity contribution < 1.29 is 17.9 Å². The van der Waals surface area contributed by atoms with Crippen LogP contribution < -0.4 is 9.64 Å². The van der Waals surface area contributed by atoms with Crippen molar-refractivity contribution in [1.82, 2.24) is 9.97 Å². The SMILES string of the molecule is Cc1cnc(N2CCC(O[C@H]3CC[C@H](Oc4ccc(S(C)(=O)=O)cc4)CC3)CC2)cn1. The van der Waals surface area contributed by atoms with Crippen LogP contribution in [0.1, 0.15) is 44.2 Å². The molecule has 1 aromatic carbocycles. The molecule has 7 nitrogen and oxygen atoms in total. The zero-order valence-corrected chi connectivity index (χ0v) is 19.1. The van der Waals surface area contributed by atoms with Gasteiger partial charge in [0.25, 0.3) is 0 Å². The monoisotopic (exact) mass is 445 g/mol. The standard InChI is InChI=1S/C23H31N3O4S/c1-17-15-25-23(16-24-17)26-13-11-21(12-14-26)30-19-5-3-18(4-6-19)29-20-7-9-22(10-8-20)31(2,27)28/h7-10,15-16,18-19,21H,3-6,11-14H2,1-2H3/t18-,19-. The molecule has 2 aromatic rings. The van der Waals surface area contributed by atoms with E-state index in [-0.39, 0.29) is 6.10 Å². The van der Waals surface area contributed by atoms with Crippen molar-refractivity contribution in [3.05, 3.63) is 42.4 Å². The second kappa shape index (κ2) is 9.53. The number of piperidine rings is 1. The van der Waals surface area contributed by atoms with Crippen LogP contribution in [-0.2, 0) is 14.6 Å². The van der Waals surface area contributed by atoms with Gasteiger partial charge in [0.2, 0.25) is 0 Å². The van der Waals surface area contributed by atoms with Crippen molar-refractivity contribution in [2.24, 2.45) is 0 Å². The van der Waals surface area contributed by atoms with Gasteiger partial charge in [-0.2, -0.15) is 0 Å². The molecule has 0 radical (unpaired) electrons. The highest BCUT2D eigenvalue weighted by atomic mass is 32.2. The molecular formula is C23H31N3O4S. The lowest BCUT2D eigenvalue weighted by molar-refractivity contribution is -0.0528. The second-order valence-corrected chi connectivity index (χ2v) is 10.6. The third-order valence-electron chi connectivity index (χ3n) is 6.09. The molecule has 0 spiro atoms. The van der Waals surface area contributed by atoms with Crippen LogP contribution in [0.5, 0.6) is 5.75 Å². The van der Waals surface area contributed by atoms with Gasteiger partial charge in [-0.3, -0.25) is 4.98 Å². The number of aromatic nitrogens is 2. The van der Waals surface area contributed by atoms with Gasteiger partial charge in [0.05, 0.1) is 41.3 Å². The van der Waals surface area contributed by atoms with Crippen LogP contribution in [0.3, 0.4) is 0 Å². The number of ether oxygens (including phenoxy) is 2. The number of hydrogen-bond acceptors (Lipinski definition) is 7. The molecule has 0 N–H and O–H groups in total. The van der Waals surface area contributed by atoms with E-state index in [9.17, 15) is 8.42 Å². The van der Waals surface area contributed by atoms with E-state index in [0.717, 1.165) is 68.9 Å². The van der Waals surface area contributed by atoms with E-state index in [2.05, 4.69) is 14.9 Å². The number of benzene rings is 1. The van der Waals surface area contributed by atoms with Gasteiger partial charge in [0, 0.05) is 19.3 Å². The fourth-order valence-electron chi connectivity index (χ4n) is 4.29. The summed E-state index contributed by atoms with van der Waals surface area (Å²) in [6, 6.07) is 6.69. The summed E-state index contributed by atoms with van der Waals surface area (Å²) in [7, 11) is -3.18. The van der Waals surface area contributed by atoms with Crippen molar-refractivity contribution in [2.75, 3.05) is 24.2 Å². The lowest BCUT2D eigenvalue weighted by Crippen LogP contribution is -2.40. The molecule has 4 rings (SSSR count). The Morgan fingerprint density at radius 2 is 1.48 bits per heavy atom. The third kappa shape index (κ3) is 5.95. The Labute approximate surface area is 184 Å². The van der Waals surface area contributed by atoms with Crippen LogP contribution in [0.25, 0.3) is 0 Å². The number of hydrogen-bond donors (Lipinski definition) is 0. The lowest BCUT2D eigenvalue weighted by atomic mass is 9.94. The molecule has 1 saturated heterocycles. The van der Waals surface area contributed by atoms with Gasteiger partial charge < -0.3 is 14.4 Å². The summed E-state index contributed by atoms with van der Waals surface area (Å²) in [5, 5.41) is 0. The quantitative estimate of drug-likeness (QED) is 0.672. The Hall–Kier alpha value is -2.19. The minimum atomic E-state index is -3.18. The number of rotatable bonds is 6. The van der Waals surface area contributed by atoms with Crippen LogP contribution in [0.4, 0.5) is 5.82 Å². The maximum absolute atomic E-state index is 11.6. The van der Waals surface area contributed by atoms with Gasteiger partial charge in [-0.05, 0) is 69.7 Å². The molecule has 0 amide bonds. The molecule has 2 aliphatic rings. The number of nitrogens with zero attached hydrogens (tertiary/aromatic N) is 3. The van der Waals surface area contributed by atoms with E-state index in [1.54, 1.807) is 24.3 Å². The molecule has 1 aliphatic heterocycles. The van der Waals surface area contributed by atoms with Crippen LogP contribution in [0, 0.1) is 6.92 Å². The Balaban J connectivity index is 1.19. The fraction of sp³-hybridized carbons (Fsp3) is 0.565. The normalized spacial score (nSPS) is 23.0. The zero-order chi connectivity index (χ0) is 21.8. The summed E-state index contributed by atoms with van der Waals surface area (Å²) in [6.45, 7) is 3.85. The van der Waals surface area contributed by atoms with Crippen LogP contribution in [0.2, 0.25) is 0 Å². The highest BCUT2D eigenvalue weighted by Crippen LogP contribution is 2.29. The number of aryl methyl sites for hydroxylation is 1. The Morgan fingerprint density at radius 1 is 0.871 bits per heavy atom. The average Bonchev–Trinajstić information content (AvgIpc) is 2.76. The predicted octanol–water partition coefficient (Wildman–Crippen LogP) is 3.56. The van der Waals surface area contributed by atoms with Gasteiger partial charge in [0.1, 0.15) is 11.6 Å². The molecule has 8 heteroatoms. The minimum Gasteiger partial charge on any atom is -0.490 e. The van der Waals surface area contributed by atoms with E-state index in [1.165, 1.54) is 6.26 Å². The topological polar surface area (TPSA) is 81.6 Å². The molecule has 1 aliphatic carbocycles. The predicted molar refractivity (Wildman–Crippen MR) is 119 cm³/mol. The summed E-state index contributed by atoms with van der Waals surface area (Å²) < 4.78 is 35.6. The van der Waals surface area contributed by atoms with Gasteiger partial charge in [-0.25, -0.2) is 13.4 Å². The maximum Gasteiger partial charge on any atom is 0.175 e. The maximum atomic E-state index is 11.6. The molecule has 1 saturated carbocycles. The van der Waals surface area contributed by atoms with E-state index in [1.807, 2.05) is 19.3 Å². The smallest absolute Gasteiger partial charge is 0.175 e. The first-order valence-corrected chi connectivity index (χ1v) is 12.9. The molecule has 0 unspecified atom stereocenters. The van der Waals surface area contributed by atoms with Crippen molar-refractivity contribution in [2.45, 2.75) is 68.7 Å². The molecule has 2 fully saturated rings. The minimum absolute atomic E-state index is 0.158. The Kier molecular flexibility index (Phi) is 6.77. The first-order valence-electron chi connectivity index (χ1n) is 11.0. The van der Waals surface area contributed by atoms with Crippen LogP contribution in [-0.4, -0.2) is 56.0 Å². The van der Waals surface area contributed by atoms with Gasteiger partial charge >= 0.3 is 0 Å². The van der Waals surface area contributed by atoms with Crippen LogP contribution in [0.15, 0.2) is 41.6 Å². The summed E-state index contributed by atoms with van der Waals surface area (Å²) >= 11 is 0. The summed E-state index contributed by atoms with van der Waals surface area (Å²) in [4.78, 5) is 11.4. The Bertz CT molecular complexity index is 947. The second-order valence-electron chi connectivity index (χ2n) is 8.60. The summed E-state index contributed by atoms with van der Waals surface area (Å²) in [5.74, 6) is 1.68. The molecule has 168 valence electrons. The van der Waals surface area contributed by atoms with Crippen LogP contribution >= 0.6 is 0 Å². The molecule has 0 bridgehead atoms. The van der Waals surface area contributed by atoms with Crippen molar-refractivity contribution in [1.29, 1.82) is 0 Å². The lowest BCUT2D eigenvalue weighted by Gasteiger charge is -2.36. The highest BCUT2D eigenvalue weighted by Gasteiger charge is 2.28. The highest BCUT2D eigenvalue weighted by molar-refractivity contribution is 7.90. The first kappa shape index (κ1) is 22.0. The van der Waals surface area contributed by atoms with E-state index in [4.69, 9.17) is 9.47 Å². The molecule has 0 atom stereocenters. The van der Waals surface area contributed by atoms with Crippen molar-refractivity contribution >= 4 is 15.7 Å². The van der Waals surface area contributed by atoms with E-state index >= 15 is 0 Å². The van der Waals surface area contributed by atoms with Crippen molar-refractivity contribution in [3.63, 3.8) is 0 Å². The van der Waals surface area contributed by atoms with Gasteiger partial charge in [-0.15, -0.1) is 0 Å². The van der Waals surface area contributed by atoms with Gasteiger partial charge in [-0.1, -0.05) is 0 Å². The molecule has 1 aromatic heterocycles. The van der Waals surface area contributed by atoms with Gasteiger partial charge in [0.15, 0.2) is 9.84 Å². The zero-order valence-electron chi connectivity index (χ0n) is 18.2. The number of sulfone groups is 1. The van der Waals surface area contributed by atoms with Crippen molar-refractivity contribution in [3.8, 4) is 5.75 Å². The third-order valence-corrected chi connectivity index (χ3v) is 7.22. The number of anilines is 1. The largest absolute Gasteiger partial charge is 0.490 e. The first-order chi connectivity index (χ1) is 14.9. The fourth-order valence-corrected chi connectivity index (χ4v) is 4.92. The van der Waals surface area contributed by atoms with E-state index < -0.39 is 9.84 Å². The molecule has 31 heavy (non-hydrogen) atoms.